The van der Waals surface area contributed by atoms with E-state index in [9.17, 15) is 18.0 Å². The molecule has 0 spiro atoms. The lowest BCUT2D eigenvalue weighted by Gasteiger charge is -2.25. The molecule has 1 aliphatic carbocycles. The number of Topliss-reactive ketones (excluding diaryl/α,β-unsaturated/α-hetero) is 1. The highest BCUT2D eigenvalue weighted by Gasteiger charge is 2.28. The third kappa shape index (κ3) is 3.11. The summed E-state index contributed by atoms with van der Waals surface area (Å²) in [6.07, 6.45) is 2.83. The quantitative estimate of drug-likeness (QED) is 0.820. The second-order valence-corrected chi connectivity index (χ2v) is 5.95. The molecular weight excluding hydrogens is 315 g/mol. The summed E-state index contributed by atoms with van der Waals surface area (Å²) in [7, 11) is 0. The first-order chi connectivity index (χ1) is 11.5. The van der Waals surface area contributed by atoms with Gasteiger partial charge in [-0.3, -0.25) is 9.78 Å². The smallest absolute Gasteiger partial charge is 0.140 e. The summed E-state index contributed by atoms with van der Waals surface area (Å²) in [5.74, 6) is -3.32. The average molecular weight is 331 g/mol. The monoisotopic (exact) mass is 331 g/mol. The van der Waals surface area contributed by atoms with Crippen LogP contribution in [0, 0.1) is 17.5 Å². The number of pyridine rings is 1. The Morgan fingerprint density at radius 3 is 2.67 bits per heavy atom. The van der Waals surface area contributed by atoms with Crippen LogP contribution in [0.1, 0.15) is 42.0 Å². The number of ketones is 1. The van der Waals surface area contributed by atoms with E-state index < -0.39 is 17.5 Å². The molecule has 24 heavy (non-hydrogen) atoms. The van der Waals surface area contributed by atoms with Crippen molar-refractivity contribution in [1.82, 2.24) is 4.98 Å². The van der Waals surface area contributed by atoms with Gasteiger partial charge in [0, 0.05) is 36.2 Å². The van der Waals surface area contributed by atoms with Gasteiger partial charge in [-0.2, -0.15) is 0 Å². The van der Waals surface area contributed by atoms with E-state index in [-0.39, 0.29) is 30.1 Å². The van der Waals surface area contributed by atoms with Crippen molar-refractivity contribution in [3.8, 4) is 0 Å². The first-order valence-corrected chi connectivity index (χ1v) is 7.76. The molecule has 1 aromatic heterocycles. The standard InChI is InChI=1S/C19H16F3NO/c1-11-4-5-13(14-3-2-8-23-19(11)14)18(24)7-6-15-16(21)9-12(20)10-17(15)22/h2-3,8-10,13H,1,4-7H2. The molecule has 5 heteroatoms. The van der Waals surface area contributed by atoms with Gasteiger partial charge in [0.05, 0.1) is 5.69 Å². The molecule has 0 N–H and O–H groups in total. The molecule has 1 aromatic carbocycles. The molecule has 3 rings (SSSR count). The highest BCUT2D eigenvalue weighted by atomic mass is 19.1. The molecule has 2 nitrogen and oxygen atoms in total. The predicted molar refractivity (Wildman–Crippen MR) is 84.9 cm³/mol. The molecule has 124 valence electrons. The van der Waals surface area contributed by atoms with E-state index >= 15 is 0 Å². The summed E-state index contributed by atoms with van der Waals surface area (Å²) in [6, 6.07) is 4.87. The summed E-state index contributed by atoms with van der Waals surface area (Å²) in [6.45, 7) is 3.97. The topological polar surface area (TPSA) is 30.0 Å². The van der Waals surface area contributed by atoms with Crippen molar-refractivity contribution in [2.75, 3.05) is 0 Å². The second kappa shape index (κ2) is 6.59. The van der Waals surface area contributed by atoms with Crippen LogP contribution in [0.4, 0.5) is 13.2 Å². The Hall–Kier alpha value is -2.43. The first kappa shape index (κ1) is 16.4. The number of hydrogen-bond acceptors (Lipinski definition) is 2. The highest BCUT2D eigenvalue weighted by molar-refractivity contribution is 5.88. The van der Waals surface area contributed by atoms with Crippen molar-refractivity contribution in [3.63, 3.8) is 0 Å². The molecule has 0 bridgehead atoms. The summed E-state index contributed by atoms with van der Waals surface area (Å²) in [5, 5.41) is 0. The van der Waals surface area contributed by atoms with Crippen LogP contribution in [0.5, 0.6) is 0 Å². The van der Waals surface area contributed by atoms with Gasteiger partial charge in [0.2, 0.25) is 0 Å². The lowest BCUT2D eigenvalue weighted by Crippen LogP contribution is -2.19. The van der Waals surface area contributed by atoms with Gasteiger partial charge in [-0.15, -0.1) is 0 Å². The second-order valence-electron chi connectivity index (χ2n) is 5.95. The molecule has 0 aliphatic heterocycles. The number of rotatable bonds is 4. The summed E-state index contributed by atoms with van der Waals surface area (Å²) >= 11 is 0. The molecule has 0 fully saturated rings. The van der Waals surface area contributed by atoms with E-state index in [0.29, 0.717) is 25.0 Å². The molecule has 0 radical (unpaired) electrons. The lowest BCUT2D eigenvalue weighted by atomic mass is 9.79. The van der Waals surface area contributed by atoms with Crippen molar-refractivity contribution in [2.24, 2.45) is 0 Å². The first-order valence-electron chi connectivity index (χ1n) is 7.76. The molecule has 2 aromatic rings. The van der Waals surface area contributed by atoms with Gasteiger partial charge in [-0.1, -0.05) is 12.6 Å². The fourth-order valence-electron chi connectivity index (χ4n) is 3.15. The number of carbonyl (C=O) groups is 1. The molecule has 0 saturated heterocycles. The minimum Gasteiger partial charge on any atom is -0.299 e. The zero-order chi connectivity index (χ0) is 17.3. The van der Waals surface area contributed by atoms with Crippen LogP contribution in [0.3, 0.4) is 0 Å². The minimum absolute atomic E-state index is 0.00898. The maximum absolute atomic E-state index is 13.7. The van der Waals surface area contributed by atoms with Crippen LogP contribution in [0.15, 0.2) is 37.0 Å². The Kier molecular flexibility index (Phi) is 4.51. The molecule has 1 atom stereocenters. The zero-order valence-electron chi connectivity index (χ0n) is 13.0. The summed E-state index contributed by atoms with van der Waals surface area (Å²) in [5.41, 5.74) is 2.20. The number of benzene rings is 1. The number of fused-ring (bicyclic) bond motifs is 1. The van der Waals surface area contributed by atoms with Gasteiger partial charge in [0.1, 0.15) is 23.2 Å². The van der Waals surface area contributed by atoms with Crippen LogP contribution in [-0.4, -0.2) is 10.8 Å². The van der Waals surface area contributed by atoms with Crippen LogP contribution >= 0.6 is 0 Å². The number of carbonyl (C=O) groups excluding carboxylic acids is 1. The number of halogens is 3. The molecule has 0 amide bonds. The third-order valence-electron chi connectivity index (χ3n) is 4.40. The fourth-order valence-corrected chi connectivity index (χ4v) is 3.15. The van der Waals surface area contributed by atoms with Gasteiger partial charge in [-0.05, 0) is 36.5 Å². The zero-order valence-corrected chi connectivity index (χ0v) is 13.0. The SMILES string of the molecule is C=C1CCC(C(=O)CCc2c(F)cc(F)cc2F)c2cccnc21. The Labute approximate surface area is 138 Å². The molecule has 1 heterocycles. The highest BCUT2D eigenvalue weighted by Crippen LogP contribution is 2.37. The Morgan fingerprint density at radius 1 is 1.25 bits per heavy atom. The number of aromatic nitrogens is 1. The molecule has 1 aliphatic rings. The van der Waals surface area contributed by atoms with Gasteiger partial charge in [-0.25, -0.2) is 13.2 Å². The van der Waals surface area contributed by atoms with Crippen molar-refractivity contribution in [3.05, 3.63) is 71.3 Å². The van der Waals surface area contributed by atoms with Crippen molar-refractivity contribution >= 4 is 11.4 Å². The van der Waals surface area contributed by atoms with Crippen LogP contribution < -0.4 is 0 Å². The molecule has 0 saturated carbocycles. The van der Waals surface area contributed by atoms with Gasteiger partial charge in [0.15, 0.2) is 0 Å². The van der Waals surface area contributed by atoms with Crippen LogP contribution in [0.2, 0.25) is 0 Å². The summed E-state index contributed by atoms with van der Waals surface area (Å²) in [4.78, 5) is 16.8. The van der Waals surface area contributed by atoms with Gasteiger partial charge in [0.25, 0.3) is 0 Å². The predicted octanol–water partition coefficient (Wildman–Crippen LogP) is 4.59. The van der Waals surface area contributed by atoms with E-state index in [2.05, 4.69) is 11.6 Å². The minimum atomic E-state index is -0.967. The number of hydrogen-bond donors (Lipinski definition) is 0. The molecular formula is C19H16F3NO. The van der Waals surface area contributed by atoms with E-state index in [1.165, 1.54) is 0 Å². The number of allylic oxidation sites excluding steroid dienone is 1. The van der Waals surface area contributed by atoms with Crippen LogP contribution in [0.25, 0.3) is 5.57 Å². The van der Waals surface area contributed by atoms with Crippen molar-refractivity contribution in [1.29, 1.82) is 0 Å². The average Bonchev–Trinajstić information content (AvgIpc) is 2.54. The van der Waals surface area contributed by atoms with Crippen molar-refractivity contribution < 1.29 is 18.0 Å². The maximum Gasteiger partial charge on any atom is 0.140 e. The van der Waals surface area contributed by atoms with Gasteiger partial charge >= 0.3 is 0 Å². The Balaban J connectivity index is 1.77. The van der Waals surface area contributed by atoms with E-state index in [1.54, 1.807) is 12.3 Å². The Morgan fingerprint density at radius 2 is 1.96 bits per heavy atom. The van der Waals surface area contributed by atoms with Crippen LogP contribution in [-0.2, 0) is 11.2 Å². The van der Waals surface area contributed by atoms with E-state index in [0.717, 1.165) is 16.8 Å². The normalized spacial score (nSPS) is 16.8. The molecule has 1 unspecified atom stereocenters. The fraction of sp³-hybridized carbons (Fsp3) is 0.263. The van der Waals surface area contributed by atoms with Crippen molar-refractivity contribution in [2.45, 2.75) is 31.6 Å². The maximum atomic E-state index is 13.7. The van der Waals surface area contributed by atoms with E-state index in [4.69, 9.17) is 0 Å². The third-order valence-corrected chi connectivity index (χ3v) is 4.40. The Bertz CT molecular complexity index is 793. The lowest BCUT2D eigenvalue weighted by molar-refractivity contribution is -0.120. The van der Waals surface area contributed by atoms with Gasteiger partial charge < -0.3 is 0 Å². The summed E-state index contributed by atoms with van der Waals surface area (Å²) < 4.78 is 40.3. The van der Waals surface area contributed by atoms with E-state index in [1.807, 2.05) is 6.07 Å². The largest absolute Gasteiger partial charge is 0.299 e. The number of nitrogens with zero attached hydrogens (tertiary/aromatic N) is 1.